The molecule has 3 unspecified atom stereocenters. The second-order valence-corrected chi connectivity index (χ2v) is 5.74. The number of allylic oxidation sites excluding steroid dienone is 2. The number of aliphatic carboxylic acids is 1. The van der Waals surface area contributed by atoms with Crippen molar-refractivity contribution < 1.29 is 14.7 Å². The number of carboxylic acid groups (broad SMARTS) is 1. The number of fused-ring (bicyclic) bond motifs is 2. The van der Waals surface area contributed by atoms with E-state index in [0.29, 0.717) is 0 Å². The fourth-order valence-corrected chi connectivity index (χ4v) is 3.54. The standard InChI is InChI=1S/C15H23NO3/c1-3-5-11(4-2)16-14(17)12-9-6-7-10(8-9)13(12)15(18)19/h6-7,9-13H,3-5,8H2,1-2H3,(H,16,17)(H,18,19)/t9?,10?,11?,12-,13+/m0/s1. The zero-order valence-corrected chi connectivity index (χ0v) is 11.6. The molecule has 0 heterocycles. The smallest absolute Gasteiger partial charge is 0.307 e. The van der Waals surface area contributed by atoms with Gasteiger partial charge in [0.1, 0.15) is 0 Å². The number of amides is 1. The van der Waals surface area contributed by atoms with Crippen LogP contribution >= 0.6 is 0 Å². The number of carboxylic acids is 1. The van der Waals surface area contributed by atoms with Gasteiger partial charge in [-0.1, -0.05) is 32.4 Å². The van der Waals surface area contributed by atoms with Crippen LogP contribution in [0.1, 0.15) is 39.5 Å². The summed E-state index contributed by atoms with van der Waals surface area (Å²) in [6.45, 7) is 4.14. The lowest BCUT2D eigenvalue weighted by atomic mass is 9.82. The summed E-state index contributed by atoms with van der Waals surface area (Å²) in [4.78, 5) is 23.8. The van der Waals surface area contributed by atoms with Crippen LogP contribution in [0.25, 0.3) is 0 Å². The average Bonchev–Trinajstić information content (AvgIpc) is 2.97. The molecule has 2 aliphatic carbocycles. The summed E-state index contributed by atoms with van der Waals surface area (Å²) >= 11 is 0. The first-order chi connectivity index (χ1) is 9.08. The number of nitrogens with one attached hydrogen (secondary N) is 1. The molecule has 1 fully saturated rings. The molecule has 2 N–H and O–H groups in total. The van der Waals surface area contributed by atoms with Gasteiger partial charge in [0.2, 0.25) is 5.91 Å². The summed E-state index contributed by atoms with van der Waals surface area (Å²) in [6, 6.07) is 0.176. The molecule has 0 aromatic rings. The predicted octanol–water partition coefficient (Wildman–Crippen LogP) is 2.20. The maximum absolute atomic E-state index is 12.4. The molecule has 4 nitrogen and oxygen atoms in total. The molecule has 2 rings (SSSR count). The zero-order chi connectivity index (χ0) is 14.0. The molecule has 5 atom stereocenters. The Balaban J connectivity index is 2.05. The molecule has 2 aliphatic rings. The van der Waals surface area contributed by atoms with Gasteiger partial charge in [-0.3, -0.25) is 9.59 Å². The Morgan fingerprint density at radius 1 is 1.26 bits per heavy atom. The molecule has 0 aromatic carbocycles. The van der Waals surface area contributed by atoms with E-state index in [1.54, 1.807) is 0 Å². The monoisotopic (exact) mass is 265 g/mol. The third-order valence-electron chi connectivity index (χ3n) is 4.52. The van der Waals surface area contributed by atoms with Crippen molar-refractivity contribution >= 4 is 11.9 Å². The Morgan fingerprint density at radius 3 is 2.42 bits per heavy atom. The van der Waals surface area contributed by atoms with Crippen molar-refractivity contribution in [2.75, 3.05) is 0 Å². The molecule has 0 aliphatic heterocycles. The van der Waals surface area contributed by atoms with Crippen molar-refractivity contribution in [2.24, 2.45) is 23.7 Å². The van der Waals surface area contributed by atoms with Crippen molar-refractivity contribution in [3.63, 3.8) is 0 Å². The third-order valence-corrected chi connectivity index (χ3v) is 4.52. The van der Waals surface area contributed by atoms with E-state index in [0.717, 1.165) is 25.7 Å². The van der Waals surface area contributed by atoms with Crippen LogP contribution in [0.2, 0.25) is 0 Å². The van der Waals surface area contributed by atoms with E-state index < -0.39 is 11.9 Å². The van der Waals surface area contributed by atoms with Gasteiger partial charge in [-0.15, -0.1) is 0 Å². The van der Waals surface area contributed by atoms with Crippen LogP contribution in [0.5, 0.6) is 0 Å². The molecule has 0 radical (unpaired) electrons. The van der Waals surface area contributed by atoms with Gasteiger partial charge in [-0.2, -0.15) is 0 Å². The molecular formula is C15H23NO3. The van der Waals surface area contributed by atoms with Crippen molar-refractivity contribution in [1.29, 1.82) is 0 Å². The summed E-state index contributed by atoms with van der Waals surface area (Å²) in [5, 5.41) is 12.4. The van der Waals surface area contributed by atoms with E-state index in [9.17, 15) is 14.7 Å². The van der Waals surface area contributed by atoms with Crippen LogP contribution in [-0.2, 0) is 9.59 Å². The van der Waals surface area contributed by atoms with Gasteiger partial charge in [0.05, 0.1) is 11.8 Å². The highest BCUT2D eigenvalue weighted by atomic mass is 16.4. The molecule has 106 valence electrons. The summed E-state index contributed by atoms with van der Waals surface area (Å²) in [6.07, 6.45) is 7.69. The van der Waals surface area contributed by atoms with Gasteiger partial charge in [0.25, 0.3) is 0 Å². The second-order valence-electron chi connectivity index (χ2n) is 5.74. The molecule has 0 spiro atoms. The maximum Gasteiger partial charge on any atom is 0.307 e. The summed E-state index contributed by atoms with van der Waals surface area (Å²) in [7, 11) is 0. The highest BCUT2D eigenvalue weighted by molar-refractivity contribution is 5.87. The van der Waals surface area contributed by atoms with E-state index >= 15 is 0 Å². The van der Waals surface area contributed by atoms with Crippen LogP contribution < -0.4 is 5.32 Å². The quantitative estimate of drug-likeness (QED) is 0.724. The number of carbonyl (C=O) groups is 2. The fraction of sp³-hybridized carbons (Fsp3) is 0.733. The molecule has 2 bridgehead atoms. The molecule has 4 heteroatoms. The van der Waals surface area contributed by atoms with Crippen molar-refractivity contribution in [2.45, 2.75) is 45.6 Å². The van der Waals surface area contributed by atoms with Gasteiger partial charge in [0, 0.05) is 6.04 Å². The number of hydrogen-bond acceptors (Lipinski definition) is 2. The van der Waals surface area contributed by atoms with Gasteiger partial charge in [-0.05, 0) is 31.1 Å². The molecule has 19 heavy (non-hydrogen) atoms. The van der Waals surface area contributed by atoms with Gasteiger partial charge in [0.15, 0.2) is 0 Å². The molecule has 0 saturated heterocycles. The lowest BCUT2D eigenvalue weighted by Gasteiger charge is -2.26. The lowest BCUT2D eigenvalue weighted by Crippen LogP contribution is -2.44. The third kappa shape index (κ3) is 2.67. The Bertz CT molecular complexity index is 391. The highest BCUT2D eigenvalue weighted by Gasteiger charge is 2.51. The molecular weight excluding hydrogens is 242 g/mol. The minimum atomic E-state index is -0.833. The predicted molar refractivity (Wildman–Crippen MR) is 72.5 cm³/mol. The lowest BCUT2D eigenvalue weighted by molar-refractivity contribution is -0.148. The minimum absolute atomic E-state index is 0.0458. The SMILES string of the molecule is CCCC(CC)NC(=O)[C@H]1C2C=CC(C2)[C@H]1C(=O)O. The average molecular weight is 265 g/mol. The number of rotatable bonds is 6. The topological polar surface area (TPSA) is 66.4 Å². The number of hydrogen-bond donors (Lipinski definition) is 2. The van der Waals surface area contributed by atoms with Crippen molar-refractivity contribution in [3.8, 4) is 0 Å². The first kappa shape index (κ1) is 14.1. The van der Waals surface area contributed by atoms with Crippen LogP contribution in [0.15, 0.2) is 12.2 Å². The van der Waals surface area contributed by atoms with E-state index in [4.69, 9.17) is 0 Å². The molecule has 0 aromatic heterocycles. The van der Waals surface area contributed by atoms with Gasteiger partial charge >= 0.3 is 5.97 Å². The van der Waals surface area contributed by atoms with E-state index in [2.05, 4.69) is 19.2 Å². The van der Waals surface area contributed by atoms with Crippen LogP contribution in [0, 0.1) is 23.7 Å². The van der Waals surface area contributed by atoms with Gasteiger partial charge < -0.3 is 10.4 Å². The Labute approximate surface area is 114 Å². The normalized spacial score (nSPS) is 33.4. The molecule has 1 saturated carbocycles. The zero-order valence-electron chi connectivity index (χ0n) is 11.6. The summed E-state index contributed by atoms with van der Waals surface area (Å²) in [5.74, 6) is -1.65. The van der Waals surface area contributed by atoms with E-state index in [1.165, 1.54) is 0 Å². The largest absolute Gasteiger partial charge is 0.481 e. The summed E-state index contributed by atoms with van der Waals surface area (Å²) < 4.78 is 0. The van der Waals surface area contributed by atoms with Crippen LogP contribution in [0.3, 0.4) is 0 Å². The van der Waals surface area contributed by atoms with E-state index in [-0.39, 0.29) is 29.7 Å². The van der Waals surface area contributed by atoms with Gasteiger partial charge in [-0.25, -0.2) is 0 Å². The molecule has 1 amide bonds. The Hall–Kier alpha value is -1.32. The Morgan fingerprint density at radius 2 is 1.89 bits per heavy atom. The minimum Gasteiger partial charge on any atom is -0.481 e. The van der Waals surface area contributed by atoms with Crippen LogP contribution in [0.4, 0.5) is 0 Å². The van der Waals surface area contributed by atoms with Crippen molar-refractivity contribution in [1.82, 2.24) is 5.32 Å². The summed E-state index contributed by atoms with van der Waals surface area (Å²) in [5.41, 5.74) is 0. The first-order valence-corrected chi connectivity index (χ1v) is 7.30. The second kappa shape index (κ2) is 5.76. The Kier molecular flexibility index (Phi) is 4.27. The maximum atomic E-state index is 12.4. The first-order valence-electron chi connectivity index (χ1n) is 7.30. The van der Waals surface area contributed by atoms with Crippen molar-refractivity contribution in [3.05, 3.63) is 12.2 Å². The highest BCUT2D eigenvalue weighted by Crippen LogP contribution is 2.48. The number of carbonyl (C=O) groups excluding carboxylic acids is 1. The van der Waals surface area contributed by atoms with Crippen LogP contribution in [-0.4, -0.2) is 23.0 Å². The fourth-order valence-electron chi connectivity index (χ4n) is 3.54. The van der Waals surface area contributed by atoms with E-state index in [1.807, 2.05) is 12.2 Å².